The number of nitrogens with one attached hydrogen (secondary N) is 1. The van der Waals surface area contributed by atoms with Crippen molar-refractivity contribution in [3.8, 4) is 0 Å². The number of hydrogen-bond acceptors (Lipinski definition) is 3. The molecule has 0 saturated heterocycles. The molecule has 1 aromatic rings. The van der Waals surface area contributed by atoms with Gasteiger partial charge < -0.3 is 11.1 Å². The van der Waals surface area contributed by atoms with Gasteiger partial charge in [-0.05, 0) is 54.2 Å². The fraction of sp³-hybridized carbons (Fsp3) is 0.545. The van der Waals surface area contributed by atoms with E-state index in [-0.39, 0.29) is 5.54 Å². The fourth-order valence-electron chi connectivity index (χ4n) is 1.72. The number of nitrogens with two attached hydrogens (primary N) is 1. The van der Waals surface area contributed by atoms with E-state index in [2.05, 4.69) is 26.2 Å². The summed E-state index contributed by atoms with van der Waals surface area (Å²) >= 11 is 3.43. The zero-order chi connectivity index (χ0) is 10.9. The van der Waals surface area contributed by atoms with Crippen molar-refractivity contribution in [3.05, 3.63) is 22.3 Å². The van der Waals surface area contributed by atoms with Gasteiger partial charge in [-0.2, -0.15) is 0 Å². The molecule has 1 heterocycles. The molecule has 0 spiro atoms. The maximum atomic E-state index is 6.12. The minimum atomic E-state index is 0.00264. The predicted octanol–water partition coefficient (Wildman–Crippen LogP) is 2.45. The lowest BCUT2D eigenvalue weighted by atomic mass is 9.78. The maximum absolute atomic E-state index is 6.12. The van der Waals surface area contributed by atoms with Crippen LogP contribution in [0.2, 0.25) is 0 Å². The number of aryl methyl sites for hydroxylation is 1. The summed E-state index contributed by atoms with van der Waals surface area (Å²) in [5.41, 5.74) is 7.12. The van der Waals surface area contributed by atoms with E-state index in [1.165, 1.54) is 6.42 Å². The van der Waals surface area contributed by atoms with Crippen LogP contribution in [0.15, 0.2) is 16.6 Å². The van der Waals surface area contributed by atoms with E-state index in [0.29, 0.717) is 0 Å². The number of rotatable bonds is 3. The zero-order valence-corrected chi connectivity index (χ0v) is 10.5. The lowest BCUT2D eigenvalue weighted by Crippen LogP contribution is -2.52. The predicted molar refractivity (Wildman–Crippen MR) is 65.9 cm³/mol. The number of anilines is 1. The first-order chi connectivity index (χ1) is 7.09. The molecule has 0 radical (unpaired) electrons. The fourth-order valence-corrected chi connectivity index (χ4v) is 1.94. The monoisotopic (exact) mass is 269 g/mol. The maximum Gasteiger partial charge on any atom is 0.126 e. The third-order valence-corrected chi connectivity index (χ3v) is 3.83. The molecule has 1 aliphatic rings. The molecular formula is C11H16BrN3. The third-order valence-electron chi connectivity index (χ3n) is 2.99. The topological polar surface area (TPSA) is 50.9 Å². The number of nitrogens with zero attached hydrogens (tertiary/aromatic N) is 1. The molecule has 0 bridgehead atoms. The van der Waals surface area contributed by atoms with Gasteiger partial charge in [-0.3, -0.25) is 0 Å². The smallest absolute Gasteiger partial charge is 0.126 e. The van der Waals surface area contributed by atoms with Gasteiger partial charge >= 0.3 is 0 Å². The molecule has 0 aromatic carbocycles. The van der Waals surface area contributed by atoms with E-state index < -0.39 is 0 Å². The van der Waals surface area contributed by atoms with Gasteiger partial charge in [-0.15, -0.1) is 0 Å². The normalized spacial score (nSPS) is 18.3. The highest BCUT2D eigenvalue weighted by atomic mass is 79.9. The van der Waals surface area contributed by atoms with Gasteiger partial charge in [0.1, 0.15) is 5.82 Å². The van der Waals surface area contributed by atoms with Gasteiger partial charge in [0.05, 0.1) is 5.69 Å². The molecule has 0 aliphatic heterocycles. The van der Waals surface area contributed by atoms with Crippen LogP contribution < -0.4 is 11.1 Å². The second-order valence-electron chi connectivity index (χ2n) is 4.33. The molecule has 1 saturated carbocycles. The second kappa shape index (κ2) is 4.10. The summed E-state index contributed by atoms with van der Waals surface area (Å²) < 4.78 is 1.04. The highest BCUT2D eigenvalue weighted by Crippen LogP contribution is 2.29. The van der Waals surface area contributed by atoms with Crippen LogP contribution in [0.4, 0.5) is 5.82 Å². The zero-order valence-electron chi connectivity index (χ0n) is 8.89. The number of halogens is 1. The van der Waals surface area contributed by atoms with Crippen molar-refractivity contribution in [2.24, 2.45) is 5.73 Å². The highest BCUT2D eigenvalue weighted by molar-refractivity contribution is 9.10. The summed E-state index contributed by atoms with van der Waals surface area (Å²) in [5.74, 6) is 0.910. The molecule has 1 aliphatic carbocycles. The van der Waals surface area contributed by atoms with E-state index in [1.807, 2.05) is 19.1 Å². The van der Waals surface area contributed by atoms with Crippen molar-refractivity contribution in [2.75, 3.05) is 11.9 Å². The Morgan fingerprint density at radius 1 is 1.53 bits per heavy atom. The van der Waals surface area contributed by atoms with Gasteiger partial charge in [-0.25, -0.2) is 4.98 Å². The average Bonchev–Trinajstić information content (AvgIpc) is 2.17. The Kier molecular flexibility index (Phi) is 2.98. The highest BCUT2D eigenvalue weighted by Gasteiger charge is 2.32. The van der Waals surface area contributed by atoms with E-state index in [0.717, 1.165) is 35.4 Å². The number of pyridine rings is 1. The molecule has 4 heteroatoms. The van der Waals surface area contributed by atoms with Crippen LogP contribution in [0.1, 0.15) is 25.0 Å². The summed E-state index contributed by atoms with van der Waals surface area (Å²) in [7, 11) is 0. The van der Waals surface area contributed by atoms with E-state index in [4.69, 9.17) is 5.73 Å². The van der Waals surface area contributed by atoms with E-state index in [9.17, 15) is 0 Å². The molecule has 1 fully saturated rings. The standard InChI is InChI=1S/C11H16BrN3/c1-8-9(12)3-4-10(15-8)14-7-11(13)5-2-6-11/h3-4H,2,5-7,13H2,1H3,(H,14,15). The van der Waals surface area contributed by atoms with Crippen molar-refractivity contribution >= 4 is 21.7 Å². The first kappa shape index (κ1) is 10.9. The lowest BCUT2D eigenvalue weighted by Gasteiger charge is -2.38. The quantitative estimate of drug-likeness (QED) is 0.887. The Morgan fingerprint density at radius 2 is 2.27 bits per heavy atom. The number of hydrogen-bond donors (Lipinski definition) is 2. The van der Waals surface area contributed by atoms with Crippen molar-refractivity contribution in [1.29, 1.82) is 0 Å². The number of aromatic nitrogens is 1. The summed E-state index contributed by atoms with van der Waals surface area (Å²) in [6, 6.07) is 3.98. The van der Waals surface area contributed by atoms with E-state index >= 15 is 0 Å². The SMILES string of the molecule is Cc1nc(NCC2(N)CCC2)ccc1Br. The van der Waals surface area contributed by atoms with Gasteiger partial charge in [-0.1, -0.05) is 0 Å². The van der Waals surface area contributed by atoms with E-state index in [1.54, 1.807) is 0 Å². The Bertz CT molecular complexity index is 361. The average molecular weight is 270 g/mol. The molecule has 0 unspecified atom stereocenters. The Balaban J connectivity index is 1.96. The Morgan fingerprint density at radius 3 is 2.80 bits per heavy atom. The van der Waals surface area contributed by atoms with Crippen molar-refractivity contribution in [2.45, 2.75) is 31.7 Å². The largest absolute Gasteiger partial charge is 0.368 e. The summed E-state index contributed by atoms with van der Waals surface area (Å²) in [4.78, 5) is 4.42. The second-order valence-corrected chi connectivity index (χ2v) is 5.19. The molecular weight excluding hydrogens is 254 g/mol. The van der Waals surface area contributed by atoms with Crippen LogP contribution >= 0.6 is 15.9 Å². The van der Waals surface area contributed by atoms with Crippen LogP contribution in [0.25, 0.3) is 0 Å². The van der Waals surface area contributed by atoms with Crippen molar-refractivity contribution in [1.82, 2.24) is 4.98 Å². The van der Waals surface area contributed by atoms with Gasteiger partial charge in [0, 0.05) is 16.6 Å². The summed E-state index contributed by atoms with van der Waals surface area (Å²) in [6.45, 7) is 2.80. The molecule has 3 nitrogen and oxygen atoms in total. The molecule has 0 amide bonds. The first-order valence-electron chi connectivity index (χ1n) is 5.25. The van der Waals surface area contributed by atoms with Gasteiger partial charge in [0.25, 0.3) is 0 Å². The minimum absolute atomic E-state index is 0.00264. The molecule has 82 valence electrons. The summed E-state index contributed by atoms with van der Waals surface area (Å²) in [6.07, 6.45) is 3.50. The van der Waals surface area contributed by atoms with Crippen LogP contribution in [0.3, 0.4) is 0 Å². The Hall–Kier alpha value is -0.610. The Labute approximate surface area is 98.6 Å². The summed E-state index contributed by atoms with van der Waals surface area (Å²) in [5, 5.41) is 3.30. The molecule has 3 N–H and O–H groups in total. The van der Waals surface area contributed by atoms with Crippen LogP contribution in [0, 0.1) is 6.92 Å². The molecule has 1 aromatic heterocycles. The van der Waals surface area contributed by atoms with Crippen molar-refractivity contribution in [3.63, 3.8) is 0 Å². The first-order valence-corrected chi connectivity index (χ1v) is 6.04. The van der Waals surface area contributed by atoms with Crippen LogP contribution in [-0.2, 0) is 0 Å². The minimum Gasteiger partial charge on any atom is -0.368 e. The van der Waals surface area contributed by atoms with Gasteiger partial charge in [0.15, 0.2) is 0 Å². The van der Waals surface area contributed by atoms with Crippen LogP contribution in [-0.4, -0.2) is 17.1 Å². The molecule has 2 rings (SSSR count). The van der Waals surface area contributed by atoms with Gasteiger partial charge in [0.2, 0.25) is 0 Å². The third kappa shape index (κ3) is 2.49. The van der Waals surface area contributed by atoms with Crippen molar-refractivity contribution < 1.29 is 0 Å². The lowest BCUT2D eigenvalue weighted by molar-refractivity contribution is 0.265. The molecule has 15 heavy (non-hydrogen) atoms. The molecule has 0 atom stereocenters. The van der Waals surface area contributed by atoms with Crippen LogP contribution in [0.5, 0.6) is 0 Å².